The van der Waals surface area contributed by atoms with E-state index in [1.54, 1.807) is 0 Å². The summed E-state index contributed by atoms with van der Waals surface area (Å²) in [6, 6.07) is 0.978. The molecule has 0 amide bonds. The fourth-order valence-corrected chi connectivity index (χ4v) is 3.41. The topological polar surface area (TPSA) is 24.7 Å². The van der Waals surface area contributed by atoms with Crippen molar-refractivity contribution >= 4 is 0 Å². The van der Waals surface area contributed by atoms with Crippen LogP contribution >= 0.6 is 0 Å². The van der Waals surface area contributed by atoms with Gasteiger partial charge in [0.15, 0.2) is 0 Å². The minimum Gasteiger partial charge on any atom is -0.190 e. The lowest BCUT2D eigenvalue weighted by Gasteiger charge is -2.26. The first-order valence-corrected chi connectivity index (χ1v) is 5.28. The molecule has 2 heteroatoms. The van der Waals surface area contributed by atoms with Crippen molar-refractivity contribution in [2.45, 2.75) is 38.8 Å². The van der Waals surface area contributed by atoms with E-state index >= 15 is 0 Å². The first kappa shape index (κ1) is 7.72. The summed E-state index contributed by atoms with van der Waals surface area (Å²) in [5.74, 6) is 1.49. The van der Waals surface area contributed by atoms with Crippen LogP contribution in [0.3, 0.4) is 0 Å². The predicted octanol–water partition coefficient (Wildman–Crippen LogP) is 2.81. The predicted molar refractivity (Wildman–Crippen MR) is 51.6 cm³/mol. The molecule has 3 rings (SSSR count). The Morgan fingerprint density at radius 3 is 2.77 bits per heavy atom. The van der Waals surface area contributed by atoms with Gasteiger partial charge in [0.25, 0.3) is 0 Å². The van der Waals surface area contributed by atoms with E-state index < -0.39 is 0 Å². The monoisotopic (exact) mass is 176 g/mol. The highest BCUT2D eigenvalue weighted by molar-refractivity contribution is 5.19. The molecule has 0 aromatic carbocycles. The number of fused-ring (bicyclic) bond motifs is 5. The Hall–Kier alpha value is -0.660. The van der Waals surface area contributed by atoms with Crippen molar-refractivity contribution < 1.29 is 0 Å². The first-order valence-electron chi connectivity index (χ1n) is 5.28. The Morgan fingerprint density at radius 2 is 2.00 bits per heavy atom. The van der Waals surface area contributed by atoms with Gasteiger partial charge >= 0.3 is 0 Å². The maximum atomic E-state index is 4.43. The molecule has 0 radical (unpaired) electrons. The molecule has 1 aliphatic heterocycles. The van der Waals surface area contributed by atoms with Crippen molar-refractivity contribution in [1.29, 1.82) is 0 Å². The lowest BCUT2D eigenvalue weighted by molar-refractivity contribution is 0.308. The molecular weight excluding hydrogens is 160 g/mol. The molecule has 0 saturated heterocycles. The molecule has 0 aromatic heterocycles. The summed E-state index contributed by atoms with van der Waals surface area (Å²) in [5.41, 5.74) is 0.323. The molecule has 1 saturated carbocycles. The molecule has 1 fully saturated rings. The van der Waals surface area contributed by atoms with Gasteiger partial charge in [-0.2, -0.15) is 10.2 Å². The molecule has 0 spiro atoms. The number of azo groups is 1. The Morgan fingerprint density at radius 1 is 1.23 bits per heavy atom. The third kappa shape index (κ3) is 0.792. The summed E-state index contributed by atoms with van der Waals surface area (Å²) in [6.45, 7) is 4.66. The molecule has 0 unspecified atom stereocenters. The van der Waals surface area contributed by atoms with E-state index in [1.165, 1.54) is 12.8 Å². The fourth-order valence-electron chi connectivity index (χ4n) is 3.41. The zero-order valence-corrected chi connectivity index (χ0v) is 8.27. The van der Waals surface area contributed by atoms with Gasteiger partial charge in [-0.25, -0.2) is 0 Å². The lowest BCUT2D eigenvalue weighted by atomic mass is 9.83. The van der Waals surface area contributed by atoms with Gasteiger partial charge in [-0.05, 0) is 18.8 Å². The van der Waals surface area contributed by atoms with E-state index in [0.29, 0.717) is 23.4 Å². The summed E-state index contributed by atoms with van der Waals surface area (Å²) in [6.07, 6.45) is 7.28. The van der Waals surface area contributed by atoms with Gasteiger partial charge in [0.2, 0.25) is 0 Å². The van der Waals surface area contributed by atoms with E-state index in [2.05, 4.69) is 36.2 Å². The molecule has 2 aliphatic carbocycles. The average Bonchev–Trinajstić information content (AvgIpc) is 2.54. The van der Waals surface area contributed by atoms with Crippen LogP contribution in [0.4, 0.5) is 0 Å². The number of hydrogen-bond donors (Lipinski definition) is 0. The Kier molecular flexibility index (Phi) is 1.32. The van der Waals surface area contributed by atoms with Crippen molar-refractivity contribution in [2.24, 2.45) is 27.5 Å². The SMILES string of the molecule is CC1(C)[C@@H]2N=N[C@H]1[C@H]1CCC=C[C@H]12. The molecule has 2 nitrogen and oxygen atoms in total. The van der Waals surface area contributed by atoms with Crippen LogP contribution in [0.1, 0.15) is 26.7 Å². The van der Waals surface area contributed by atoms with E-state index in [-0.39, 0.29) is 0 Å². The summed E-state index contributed by atoms with van der Waals surface area (Å²) < 4.78 is 0. The van der Waals surface area contributed by atoms with Gasteiger partial charge in [0, 0.05) is 11.3 Å². The van der Waals surface area contributed by atoms with Crippen molar-refractivity contribution in [3.05, 3.63) is 12.2 Å². The average molecular weight is 176 g/mol. The standard InChI is InChI=1S/C11H16N2/c1-11(2)9-7-5-3-4-6-8(7)10(11)13-12-9/h3,5,7-10H,4,6H2,1-2H3/t7-,8+,9-,10+/m1/s1. The van der Waals surface area contributed by atoms with E-state index in [9.17, 15) is 0 Å². The quantitative estimate of drug-likeness (QED) is 0.507. The second-order valence-corrected chi connectivity index (χ2v) is 5.19. The number of hydrogen-bond acceptors (Lipinski definition) is 2. The van der Waals surface area contributed by atoms with E-state index in [4.69, 9.17) is 0 Å². The second-order valence-electron chi connectivity index (χ2n) is 5.19. The molecular formula is C11H16N2. The van der Waals surface area contributed by atoms with Crippen molar-refractivity contribution in [1.82, 2.24) is 0 Å². The van der Waals surface area contributed by atoms with Crippen LogP contribution in [0.5, 0.6) is 0 Å². The summed E-state index contributed by atoms with van der Waals surface area (Å²) >= 11 is 0. The minimum atomic E-state index is 0.323. The van der Waals surface area contributed by atoms with Crippen LogP contribution in [0.15, 0.2) is 22.4 Å². The van der Waals surface area contributed by atoms with Crippen molar-refractivity contribution in [3.8, 4) is 0 Å². The maximum Gasteiger partial charge on any atom is 0.0846 e. The largest absolute Gasteiger partial charge is 0.190 e. The molecule has 0 N–H and O–H groups in total. The third-order valence-electron chi connectivity index (χ3n) is 4.13. The molecule has 3 aliphatic rings. The summed E-state index contributed by atoms with van der Waals surface area (Å²) in [4.78, 5) is 0. The van der Waals surface area contributed by atoms with Gasteiger partial charge in [-0.15, -0.1) is 0 Å². The number of nitrogens with zero attached hydrogens (tertiary/aromatic N) is 2. The van der Waals surface area contributed by atoms with Gasteiger partial charge < -0.3 is 0 Å². The van der Waals surface area contributed by atoms with E-state index in [1.807, 2.05) is 0 Å². The number of allylic oxidation sites excluding steroid dienone is 1. The maximum absolute atomic E-state index is 4.43. The molecule has 2 bridgehead atoms. The fraction of sp³-hybridized carbons (Fsp3) is 0.818. The summed E-state index contributed by atoms with van der Waals surface area (Å²) in [5, 5.41) is 8.85. The Bertz CT molecular complexity index is 290. The third-order valence-corrected chi connectivity index (χ3v) is 4.13. The minimum absolute atomic E-state index is 0.323. The highest BCUT2D eigenvalue weighted by Crippen LogP contribution is 2.56. The first-order chi connectivity index (χ1) is 6.21. The molecule has 70 valence electrons. The van der Waals surface area contributed by atoms with Crippen LogP contribution in [0.2, 0.25) is 0 Å². The van der Waals surface area contributed by atoms with Crippen molar-refractivity contribution in [2.75, 3.05) is 0 Å². The molecule has 1 heterocycles. The zero-order chi connectivity index (χ0) is 9.05. The van der Waals surface area contributed by atoms with Gasteiger partial charge in [-0.3, -0.25) is 0 Å². The molecule has 0 aromatic rings. The van der Waals surface area contributed by atoms with Crippen LogP contribution in [-0.2, 0) is 0 Å². The molecule has 13 heavy (non-hydrogen) atoms. The smallest absolute Gasteiger partial charge is 0.0846 e. The lowest BCUT2D eigenvalue weighted by Crippen LogP contribution is -2.27. The molecule has 4 atom stereocenters. The van der Waals surface area contributed by atoms with Crippen molar-refractivity contribution in [3.63, 3.8) is 0 Å². The highest BCUT2D eigenvalue weighted by atomic mass is 15.2. The van der Waals surface area contributed by atoms with Gasteiger partial charge in [-0.1, -0.05) is 26.0 Å². The van der Waals surface area contributed by atoms with Crippen LogP contribution < -0.4 is 0 Å². The summed E-state index contributed by atoms with van der Waals surface area (Å²) in [7, 11) is 0. The highest BCUT2D eigenvalue weighted by Gasteiger charge is 2.58. The van der Waals surface area contributed by atoms with Crippen LogP contribution in [0, 0.1) is 17.3 Å². The number of rotatable bonds is 0. The van der Waals surface area contributed by atoms with E-state index in [0.717, 1.165) is 5.92 Å². The van der Waals surface area contributed by atoms with Gasteiger partial charge in [0.05, 0.1) is 12.1 Å². The van der Waals surface area contributed by atoms with Gasteiger partial charge in [0.1, 0.15) is 0 Å². The van der Waals surface area contributed by atoms with Crippen LogP contribution in [0.25, 0.3) is 0 Å². The normalized spacial score (nSPS) is 49.7. The Balaban J connectivity index is 2.04. The second kappa shape index (κ2) is 2.23. The van der Waals surface area contributed by atoms with Crippen LogP contribution in [-0.4, -0.2) is 12.1 Å². The zero-order valence-electron chi connectivity index (χ0n) is 8.27. The Labute approximate surface area is 79.1 Å².